The maximum absolute atomic E-state index is 6.38. The van der Waals surface area contributed by atoms with Gasteiger partial charge in [0, 0.05) is 20.3 Å². The lowest BCUT2D eigenvalue weighted by molar-refractivity contribution is 0.167. The predicted molar refractivity (Wildman–Crippen MR) is 86.9 cm³/mol. The van der Waals surface area contributed by atoms with Gasteiger partial charge in [0.1, 0.15) is 5.82 Å². The van der Waals surface area contributed by atoms with Crippen molar-refractivity contribution in [3.8, 4) is 0 Å². The number of fused-ring (bicyclic) bond motifs is 1. The van der Waals surface area contributed by atoms with Crippen LogP contribution in [0.5, 0.6) is 0 Å². The first kappa shape index (κ1) is 14.9. The molecule has 0 amide bonds. The molecular weight excluding hydrogens is 284 g/mol. The number of aromatic nitrogens is 2. The van der Waals surface area contributed by atoms with Crippen molar-refractivity contribution in [3.63, 3.8) is 0 Å². The molecular formula is C17H23ClN2O. The lowest BCUT2D eigenvalue weighted by Crippen LogP contribution is -2.16. The van der Waals surface area contributed by atoms with E-state index in [0.717, 1.165) is 30.9 Å². The van der Waals surface area contributed by atoms with Crippen molar-refractivity contribution in [2.75, 3.05) is 13.7 Å². The molecule has 0 N–H and O–H groups in total. The second-order valence-corrected chi connectivity index (χ2v) is 7.01. The molecule has 1 fully saturated rings. The molecule has 3 nitrogen and oxygen atoms in total. The largest absolute Gasteiger partial charge is 0.385 e. The van der Waals surface area contributed by atoms with Crippen LogP contribution in [0.1, 0.15) is 43.0 Å². The van der Waals surface area contributed by atoms with E-state index in [1.807, 2.05) is 6.92 Å². The molecule has 4 heteroatoms. The van der Waals surface area contributed by atoms with E-state index in [4.69, 9.17) is 21.3 Å². The van der Waals surface area contributed by atoms with E-state index >= 15 is 0 Å². The Morgan fingerprint density at radius 2 is 2.19 bits per heavy atom. The summed E-state index contributed by atoms with van der Waals surface area (Å²) in [5.74, 6) is 0.990. The van der Waals surface area contributed by atoms with Crippen LogP contribution in [0.25, 0.3) is 11.0 Å². The summed E-state index contributed by atoms with van der Waals surface area (Å²) in [7, 11) is 1.78. The Kier molecular flexibility index (Phi) is 3.98. The molecule has 21 heavy (non-hydrogen) atoms. The van der Waals surface area contributed by atoms with Crippen molar-refractivity contribution in [2.24, 2.45) is 5.41 Å². The minimum Gasteiger partial charge on any atom is -0.385 e. The Bertz CT molecular complexity index is 644. The Balaban J connectivity index is 2.02. The van der Waals surface area contributed by atoms with Gasteiger partial charge in [-0.2, -0.15) is 0 Å². The van der Waals surface area contributed by atoms with Gasteiger partial charge in [-0.15, -0.1) is 11.6 Å². The molecule has 0 saturated heterocycles. The normalized spacial score (nSPS) is 18.1. The summed E-state index contributed by atoms with van der Waals surface area (Å²) in [4.78, 5) is 4.77. The van der Waals surface area contributed by atoms with E-state index in [2.05, 4.69) is 29.7 Å². The third kappa shape index (κ3) is 2.82. The van der Waals surface area contributed by atoms with Crippen LogP contribution < -0.4 is 0 Å². The van der Waals surface area contributed by atoms with Gasteiger partial charge in [0.15, 0.2) is 0 Å². The smallest absolute Gasteiger partial charge is 0.127 e. The molecule has 1 heterocycles. The average Bonchev–Trinajstić information content (AvgIpc) is 3.10. The van der Waals surface area contributed by atoms with E-state index in [1.54, 1.807) is 7.11 Å². The van der Waals surface area contributed by atoms with Crippen molar-refractivity contribution in [1.29, 1.82) is 0 Å². The fourth-order valence-corrected chi connectivity index (χ4v) is 3.33. The topological polar surface area (TPSA) is 27.1 Å². The fraction of sp³-hybridized carbons (Fsp3) is 0.588. The second-order valence-electron chi connectivity index (χ2n) is 6.36. The van der Waals surface area contributed by atoms with Crippen LogP contribution in [0.15, 0.2) is 18.2 Å². The number of imidazole rings is 1. The number of nitrogens with zero attached hydrogens (tertiary/aromatic N) is 2. The van der Waals surface area contributed by atoms with E-state index in [1.165, 1.54) is 23.9 Å². The van der Waals surface area contributed by atoms with Crippen LogP contribution in [-0.2, 0) is 11.3 Å². The number of benzene rings is 1. The maximum atomic E-state index is 6.38. The highest BCUT2D eigenvalue weighted by molar-refractivity contribution is 6.20. The number of alkyl halides is 1. The number of aryl methyl sites for hydroxylation is 1. The van der Waals surface area contributed by atoms with Crippen molar-refractivity contribution in [3.05, 3.63) is 29.6 Å². The summed E-state index contributed by atoms with van der Waals surface area (Å²) >= 11 is 6.38. The molecule has 2 aromatic rings. The van der Waals surface area contributed by atoms with Gasteiger partial charge in [-0.25, -0.2) is 4.98 Å². The van der Waals surface area contributed by atoms with E-state index in [0.29, 0.717) is 5.41 Å². The third-order valence-corrected chi connectivity index (χ3v) is 4.84. The first-order chi connectivity index (χ1) is 10.1. The predicted octanol–water partition coefficient (Wildman–Crippen LogP) is 4.46. The Labute approximate surface area is 131 Å². The van der Waals surface area contributed by atoms with Gasteiger partial charge >= 0.3 is 0 Å². The number of rotatable bonds is 6. The molecule has 1 aliphatic carbocycles. The first-order valence-corrected chi connectivity index (χ1v) is 8.09. The fourth-order valence-electron chi connectivity index (χ4n) is 3.16. The minimum atomic E-state index is -0.0741. The molecule has 1 aliphatic rings. The third-order valence-electron chi connectivity index (χ3n) is 4.64. The number of hydrogen-bond acceptors (Lipinski definition) is 2. The lowest BCUT2D eigenvalue weighted by Gasteiger charge is -2.19. The van der Waals surface area contributed by atoms with Gasteiger partial charge in [0.25, 0.3) is 0 Å². The standard InChI is InChI=1S/C17H23ClN2O/c1-12-5-4-6-14-15(12)20(16(19-14)13(2)18)11-17(7-8-17)9-10-21-3/h4-6,13H,7-11H2,1-3H3. The van der Waals surface area contributed by atoms with Crippen LogP contribution in [0.4, 0.5) is 0 Å². The van der Waals surface area contributed by atoms with Crippen molar-refractivity contribution >= 4 is 22.6 Å². The van der Waals surface area contributed by atoms with Crippen LogP contribution in [0, 0.1) is 12.3 Å². The number of halogens is 1. The van der Waals surface area contributed by atoms with Gasteiger partial charge in [-0.1, -0.05) is 12.1 Å². The van der Waals surface area contributed by atoms with Crippen LogP contribution in [-0.4, -0.2) is 23.3 Å². The molecule has 1 saturated carbocycles. The Morgan fingerprint density at radius 3 is 2.81 bits per heavy atom. The molecule has 1 unspecified atom stereocenters. The van der Waals surface area contributed by atoms with E-state index in [9.17, 15) is 0 Å². The maximum Gasteiger partial charge on any atom is 0.127 e. The summed E-state index contributed by atoms with van der Waals surface area (Å²) in [6.07, 6.45) is 3.67. The van der Waals surface area contributed by atoms with Gasteiger partial charge < -0.3 is 9.30 Å². The molecule has 3 rings (SSSR count). The van der Waals surface area contributed by atoms with Crippen LogP contribution >= 0.6 is 11.6 Å². The molecule has 1 atom stereocenters. The summed E-state index contributed by atoms with van der Waals surface area (Å²) in [6.45, 7) is 5.99. The van der Waals surface area contributed by atoms with Crippen molar-refractivity contribution in [2.45, 2.75) is 45.0 Å². The van der Waals surface area contributed by atoms with Gasteiger partial charge in [-0.05, 0) is 50.2 Å². The quantitative estimate of drug-likeness (QED) is 0.737. The van der Waals surface area contributed by atoms with Gasteiger partial charge in [0.05, 0.1) is 16.4 Å². The molecule has 1 aromatic carbocycles. The highest BCUT2D eigenvalue weighted by Crippen LogP contribution is 2.51. The minimum absolute atomic E-state index is 0.0741. The summed E-state index contributed by atoms with van der Waals surface area (Å²) in [5.41, 5.74) is 3.95. The second kappa shape index (κ2) is 5.62. The summed E-state index contributed by atoms with van der Waals surface area (Å²) < 4.78 is 7.63. The molecule has 1 aromatic heterocycles. The number of methoxy groups -OCH3 is 1. The van der Waals surface area contributed by atoms with Crippen LogP contribution in [0.3, 0.4) is 0 Å². The van der Waals surface area contributed by atoms with Crippen molar-refractivity contribution in [1.82, 2.24) is 9.55 Å². The number of para-hydroxylation sites is 1. The zero-order chi connectivity index (χ0) is 15.0. The Hall–Kier alpha value is -1.06. The monoisotopic (exact) mass is 306 g/mol. The average molecular weight is 307 g/mol. The summed E-state index contributed by atoms with van der Waals surface area (Å²) in [5, 5.41) is -0.0741. The zero-order valence-electron chi connectivity index (χ0n) is 13.0. The SMILES string of the molecule is COCCC1(Cn2c(C(C)Cl)nc3cccc(C)c32)CC1. The first-order valence-electron chi connectivity index (χ1n) is 7.65. The van der Waals surface area contributed by atoms with Gasteiger partial charge in [-0.3, -0.25) is 0 Å². The molecule has 0 spiro atoms. The molecule has 0 bridgehead atoms. The number of hydrogen-bond donors (Lipinski definition) is 0. The van der Waals surface area contributed by atoms with Crippen LogP contribution in [0.2, 0.25) is 0 Å². The zero-order valence-corrected chi connectivity index (χ0v) is 13.8. The highest BCUT2D eigenvalue weighted by Gasteiger charge is 2.43. The molecule has 0 aliphatic heterocycles. The Morgan fingerprint density at radius 1 is 1.43 bits per heavy atom. The van der Waals surface area contributed by atoms with Crippen molar-refractivity contribution < 1.29 is 4.74 Å². The number of ether oxygens (including phenoxy) is 1. The highest BCUT2D eigenvalue weighted by atomic mass is 35.5. The van der Waals surface area contributed by atoms with E-state index < -0.39 is 0 Å². The summed E-state index contributed by atoms with van der Waals surface area (Å²) in [6, 6.07) is 6.30. The lowest BCUT2D eigenvalue weighted by atomic mass is 10.0. The molecule has 114 valence electrons. The van der Waals surface area contributed by atoms with Gasteiger partial charge in [0.2, 0.25) is 0 Å². The van der Waals surface area contributed by atoms with E-state index in [-0.39, 0.29) is 5.38 Å². The molecule has 0 radical (unpaired) electrons.